The first kappa shape index (κ1) is 13.6. The molecule has 2 aromatic rings. The van der Waals surface area contributed by atoms with E-state index in [-0.39, 0.29) is 12.7 Å². The van der Waals surface area contributed by atoms with Crippen molar-refractivity contribution in [2.24, 2.45) is 0 Å². The van der Waals surface area contributed by atoms with Crippen LogP contribution in [0.4, 0.5) is 0 Å². The molecule has 1 heterocycles. The first-order valence-electron chi connectivity index (χ1n) is 6.84. The van der Waals surface area contributed by atoms with Crippen LogP contribution >= 0.6 is 0 Å². The van der Waals surface area contributed by atoms with Gasteiger partial charge in [0, 0.05) is 17.5 Å². The van der Waals surface area contributed by atoms with Crippen LogP contribution in [0.3, 0.4) is 0 Å². The van der Waals surface area contributed by atoms with Gasteiger partial charge in [0.05, 0.1) is 14.2 Å². The molecule has 2 aromatic carbocycles. The Balaban J connectivity index is 1.98. The topological polar surface area (TPSA) is 36.9 Å². The lowest BCUT2D eigenvalue weighted by Crippen LogP contribution is -2.00. The molecule has 0 radical (unpaired) electrons. The third-order valence-corrected chi connectivity index (χ3v) is 3.81. The molecule has 1 aliphatic rings. The van der Waals surface area contributed by atoms with Crippen molar-refractivity contribution in [3.05, 3.63) is 47.5 Å². The van der Waals surface area contributed by atoms with E-state index in [2.05, 4.69) is 19.1 Å². The summed E-state index contributed by atoms with van der Waals surface area (Å²) in [7, 11) is 3.33. The Kier molecular flexibility index (Phi) is 3.60. The Morgan fingerprint density at radius 3 is 2.24 bits per heavy atom. The van der Waals surface area contributed by atoms with Crippen LogP contribution in [0.5, 0.6) is 23.0 Å². The summed E-state index contributed by atoms with van der Waals surface area (Å²) in [5.74, 6) is 3.34. The van der Waals surface area contributed by atoms with Crippen molar-refractivity contribution >= 4 is 0 Å². The molecule has 4 nitrogen and oxygen atoms in total. The van der Waals surface area contributed by atoms with Crippen LogP contribution in [0.25, 0.3) is 0 Å². The average Bonchev–Trinajstić information content (AvgIpc) is 3.00. The normalized spacial score (nSPS) is 13.9. The van der Waals surface area contributed by atoms with Gasteiger partial charge in [0.1, 0.15) is 11.5 Å². The standard InChI is InChI=1S/C17H18O4/c1-11(12-4-6-13(18-2)7-5-12)14-8-16-17(21-10-20-16)9-15(14)19-3/h4-9,11H,10H2,1-3H3/t11-/m1/s1. The summed E-state index contributed by atoms with van der Waals surface area (Å²) in [6, 6.07) is 11.9. The second-order valence-corrected chi connectivity index (χ2v) is 4.94. The molecule has 0 aromatic heterocycles. The third-order valence-electron chi connectivity index (χ3n) is 3.81. The van der Waals surface area contributed by atoms with Crippen LogP contribution in [0.15, 0.2) is 36.4 Å². The van der Waals surface area contributed by atoms with E-state index in [0.717, 1.165) is 28.6 Å². The maximum absolute atomic E-state index is 5.50. The number of hydrogen-bond donors (Lipinski definition) is 0. The molecule has 0 saturated heterocycles. The zero-order valence-electron chi connectivity index (χ0n) is 12.4. The monoisotopic (exact) mass is 286 g/mol. The fourth-order valence-electron chi connectivity index (χ4n) is 2.53. The van der Waals surface area contributed by atoms with Crippen molar-refractivity contribution in [1.82, 2.24) is 0 Å². The van der Waals surface area contributed by atoms with E-state index in [9.17, 15) is 0 Å². The lowest BCUT2D eigenvalue weighted by molar-refractivity contribution is 0.174. The summed E-state index contributed by atoms with van der Waals surface area (Å²) in [6.45, 7) is 2.40. The molecule has 0 amide bonds. The molecular weight excluding hydrogens is 268 g/mol. The van der Waals surface area contributed by atoms with E-state index in [0.29, 0.717) is 0 Å². The van der Waals surface area contributed by atoms with Gasteiger partial charge in [-0.3, -0.25) is 0 Å². The Labute approximate surface area is 124 Å². The van der Waals surface area contributed by atoms with Crippen LogP contribution in [0.1, 0.15) is 24.0 Å². The third kappa shape index (κ3) is 2.49. The minimum absolute atomic E-state index is 0.181. The fraction of sp³-hybridized carbons (Fsp3) is 0.294. The van der Waals surface area contributed by atoms with Crippen molar-refractivity contribution in [3.63, 3.8) is 0 Å². The van der Waals surface area contributed by atoms with Crippen molar-refractivity contribution in [3.8, 4) is 23.0 Å². The van der Waals surface area contributed by atoms with Crippen molar-refractivity contribution < 1.29 is 18.9 Å². The average molecular weight is 286 g/mol. The molecular formula is C17H18O4. The minimum Gasteiger partial charge on any atom is -0.497 e. The highest BCUT2D eigenvalue weighted by Gasteiger charge is 2.21. The van der Waals surface area contributed by atoms with Crippen molar-refractivity contribution in [1.29, 1.82) is 0 Å². The molecule has 0 N–H and O–H groups in total. The molecule has 0 spiro atoms. The van der Waals surface area contributed by atoms with Crippen LogP contribution < -0.4 is 18.9 Å². The summed E-state index contributed by atoms with van der Waals surface area (Å²) < 4.78 is 21.6. The minimum atomic E-state index is 0.181. The predicted octanol–water partition coefficient (Wildman–Crippen LogP) is 3.58. The Morgan fingerprint density at radius 2 is 1.62 bits per heavy atom. The highest BCUT2D eigenvalue weighted by Crippen LogP contribution is 2.42. The molecule has 0 bridgehead atoms. The maximum atomic E-state index is 5.50. The van der Waals surface area contributed by atoms with Gasteiger partial charge in [-0.2, -0.15) is 0 Å². The number of ether oxygens (including phenoxy) is 4. The Bertz CT molecular complexity index is 634. The highest BCUT2D eigenvalue weighted by molar-refractivity contribution is 5.54. The van der Waals surface area contributed by atoms with Crippen molar-refractivity contribution in [2.45, 2.75) is 12.8 Å². The largest absolute Gasteiger partial charge is 0.497 e. The lowest BCUT2D eigenvalue weighted by Gasteiger charge is -2.17. The second-order valence-electron chi connectivity index (χ2n) is 4.94. The SMILES string of the molecule is COc1ccc([C@@H](C)c2cc3c(cc2OC)OCO3)cc1. The van der Waals surface area contributed by atoms with Gasteiger partial charge in [-0.15, -0.1) is 0 Å². The molecule has 110 valence electrons. The van der Waals surface area contributed by atoms with Crippen molar-refractivity contribution in [2.75, 3.05) is 21.0 Å². The molecule has 0 aliphatic carbocycles. The number of rotatable bonds is 4. The molecule has 0 fully saturated rings. The van der Waals surface area contributed by atoms with Gasteiger partial charge in [0.25, 0.3) is 0 Å². The van der Waals surface area contributed by atoms with Gasteiger partial charge in [0.15, 0.2) is 11.5 Å². The summed E-state index contributed by atoms with van der Waals surface area (Å²) in [4.78, 5) is 0. The quantitative estimate of drug-likeness (QED) is 0.860. The van der Waals surface area contributed by atoms with Gasteiger partial charge in [-0.25, -0.2) is 0 Å². The van der Waals surface area contributed by atoms with Gasteiger partial charge in [0.2, 0.25) is 6.79 Å². The van der Waals surface area contributed by atoms with E-state index in [1.165, 1.54) is 5.56 Å². The van der Waals surface area contributed by atoms with E-state index < -0.39 is 0 Å². The number of hydrogen-bond acceptors (Lipinski definition) is 4. The second kappa shape index (κ2) is 5.56. The van der Waals surface area contributed by atoms with Crippen LogP contribution in [-0.2, 0) is 0 Å². The number of fused-ring (bicyclic) bond motifs is 1. The highest BCUT2D eigenvalue weighted by atomic mass is 16.7. The first-order chi connectivity index (χ1) is 10.2. The van der Waals surface area contributed by atoms with E-state index in [1.54, 1.807) is 14.2 Å². The molecule has 0 saturated carbocycles. The fourth-order valence-corrected chi connectivity index (χ4v) is 2.53. The van der Waals surface area contributed by atoms with E-state index >= 15 is 0 Å². The van der Waals surface area contributed by atoms with Gasteiger partial charge < -0.3 is 18.9 Å². The summed E-state index contributed by atoms with van der Waals surface area (Å²) >= 11 is 0. The Morgan fingerprint density at radius 1 is 0.952 bits per heavy atom. The van der Waals surface area contributed by atoms with Crippen LogP contribution in [0.2, 0.25) is 0 Å². The summed E-state index contributed by atoms with van der Waals surface area (Å²) in [5, 5.41) is 0. The van der Waals surface area contributed by atoms with Gasteiger partial charge >= 0.3 is 0 Å². The maximum Gasteiger partial charge on any atom is 0.231 e. The molecule has 3 rings (SSSR count). The number of benzene rings is 2. The van der Waals surface area contributed by atoms with Crippen LogP contribution in [0, 0.1) is 0 Å². The molecule has 0 unspecified atom stereocenters. The zero-order chi connectivity index (χ0) is 14.8. The predicted molar refractivity (Wildman–Crippen MR) is 79.6 cm³/mol. The molecule has 1 aliphatic heterocycles. The van der Waals surface area contributed by atoms with Gasteiger partial charge in [-0.05, 0) is 23.8 Å². The Hall–Kier alpha value is -2.36. The van der Waals surface area contributed by atoms with E-state index in [1.807, 2.05) is 24.3 Å². The zero-order valence-corrected chi connectivity index (χ0v) is 12.4. The molecule has 4 heteroatoms. The summed E-state index contributed by atoms with van der Waals surface area (Å²) in [6.07, 6.45) is 0. The smallest absolute Gasteiger partial charge is 0.231 e. The molecule has 1 atom stereocenters. The first-order valence-corrected chi connectivity index (χ1v) is 6.84. The van der Waals surface area contributed by atoms with Gasteiger partial charge in [-0.1, -0.05) is 19.1 Å². The summed E-state index contributed by atoms with van der Waals surface area (Å²) in [5.41, 5.74) is 2.26. The number of methoxy groups -OCH3 is 2. The molecule has 21 heavy (non-hydrogen) atoms. The van der Waals surface area contributed by atoms with E-state index in [4.69, 9.17) is 18.9 Å². The van der Waals surface area contributed by atoms with Crippen LogP contribution in [-0.4, -0.2) is 21.0 Å². The lowest BCUT2D eigenvalue weighted by atomic mass is 9.92.